The third kappa shape index (κ3) is 3.31. The molecule has 1 unspecified atom stereocenters. The highest BCUT2D eigenvalue weighted by molar-refractivity contribution is 5.80. The number of piperidine rings is 1. The van der Waals surface area contributed by atoms with E-state index < -0.39 is 0 Å². The van der Waals surface area contributed by atoms with Gasteiger partial charge in [-0.3, -0.25) is 13.9 Å². The summed E-state index contributed by atoms with van der Waals surface area (Å²) in [6, 6.07) is 7.15. The normalized spacial score (nSPS) is 16.1. The number of rotatable bonds is 3. The first kappa shape index (κ1) is 20.4. The summed E-state index contributed by atoms with van der Waals surface area (Å²) in [5.41, 5.74) is 2.64. The summed E-state index contributed by atoms with van der Waals surface area (Å²) in [5, 5.41) is 22.4. The number of amides is 1. The number of imidazole rings is 1. The van der Waals surface area contributed by atoms with E-state index >= 15 is 0 Å². The average Bonchev–Trinajstić information content (AvgIpc) is 3.37. The minimum atomic E-state index is -0.255. The van der Waals surface area contributed by atoms with Crippen LogP contribution in [0.25, 0.3) is 28.1 Å². The van der Waals surface area contributed by atoms with Crippen molar-refractivity contribution >= 4 is 22.6 Å². The quantitative estimate of drug-likeness (QED) is 0.468. The Hall–Kier alpha value is -4.51. The number of pyridine rings is 1. The molecule has 5 heterocycles. The van der Waals surface area contributed by atoms with Crippen LogP contribution in [0.2, 0.25) is 0 Å². The second kappa shape index (κ2) is 7.88. The molecule has 4 aromatic heterocycles. The highest BCUT2D eigenvalue weighted by Crippen LogP contribution is 2.27. The fourth-order valence-electron chi connectivity index (χ4n) is 4.39. The van der Waals surface area contributed by atoms with Crippen molar-refractivity contribution in [1.82, 2.24) is 33.6 Å². The topological polar surface area (TPSA) is 138 Å². The van der Waals surface area contributed by atoms with Crippen molar-refractivity contribution in [3.63, 3.8) is 0 Å². The lowest BCUT2D eigenvalue weighted by Crippen LogP contribution is -2.42. The number of hydrogen-bond donors (Lipinski definition) is 0. The molecule has 0 bridgehead atoms. The van der Waals surface area contributed by atoms with Gasteiger partial charge in [-0.25, -0.2) is 19.3 Å². The molecule has 0 N–H and O–H groups in total. The van der Waals surface area contributed by atoms with Crippen molar-refractivity contribution < 1.29 is 4.79 Å². The molecule has 11 heteroatoms. The van der Waals surface area contributed by atoms with Gasteiger partial charge in [0.2, 0.25) is 5.91 Å². The van der Waals surface area contributed by atoms with Gasteiger partial charge in [-0.1, -0.05) is 0 Å². The van der Waals surface area contributed by atoms with Crippen LogP contribution in [0.1, 0.15) is 30.9 Å². The van der Waals surface area contributed by atoms with Crippen LogP contribution in [0.3, 0.4) is 0 Å². The monoisotopic (exact) mass is 441 g/mol. The minimum Gasteiger partial charge on any atom is -0.340 e. The fourth-order valence-corrected chi connectivity index (χ4v) is 4.39. The Balaban J connectivity index is 1.62. The number of aromatic nitrogens is 6. The molecule has 5 rings (SSSR count). The number of nitriles is 2. The van der Waals surface area contributed by atoms with Crippen LogP contribution < -0.4 is 5.69 Å². The zero-order valence-corrected chi connectivity index (χ0v) is 17.8. The van der Waals surface area contributed by atoms with Gasteiger partial charge >= 0.3 is 5.69 Å². The second-order valence-electron chi connectivity index (χ2n) is 8.00. The SMILES string of the molecule is Cn1c(=O)n(C2CCCN(C(=O)CC#N)C2)c2nc(-c3cnn4ccc(C#N)cc34)ncc21. The number of carbonyl (C=O) groups is 1. The van der Waals surface area contributed by atoms with Gasteiger partial charge in [0.25, 0.3) is 0 Å². The first-order chi connectivity index (χ1) is 16.0. The van der Waals surface area contributed by atoms with Gasteiger partial charge in [0, 0.05) is 26.3 Å². The number of fused-ring (bicyclic) bond motifs is 2. The van der Waals surface area contributed by atoms with Crippen molar-refractivity contribution in [2.45, 2.75) is 25.3 Å². The molecule has 1 saturated heterocycles. The lowest BCUT2D eigenvalue weighted by Gasteiger charge is -2.32. The summed E-state index contributed by atoms with van der Waals surface area (Å²) >= 11 is 0. The number of carbonyl (C=O) groups excluding carboxylic acids is 1. The third-order valence-corrected chi connectivity index (χ3v) is 6.07. The molecular formula is C22H19N9O2. The van der Waals surface area contributed by atoms with E-state index in [1.807, 2.05) is 6.07 Å². The van der Waals surface area contributed by atoms with Crippen LogP contribution in [0.15, 0.2) is 35.5 Å². The van der Waals surface area contributed by atoms with Crippen LogP contribution in [-0.2, 0) is 11.8 Å². The van der Waals surface area contributed by atoms with E-state index in [0.717, 1.165) is 12.8 Å². The molecule has 0 aliphatic carbocycles. The van der Waals surface area contributed by atoms with E-state index in [-0.39, 0.29) is 24.1 Å². The van der Waals surface area contributed by atoms with Gasteiger partial charge in [-0.05, 0) is 25.0 Å². The van der Waals surface area contributed by atoms with E-state index in [1.54, 1.807) is 51.8 Å². The Bertz CT molecular complexity index is 1550. The van der Waals surface area contributed by atoms with Gasteiger partial charge in [0.05, 0.1) is 47.2 Å². The predicted molar refractivity (Wildman–Crippen MR) is 117 cm³/mol. The van der Waals surface area contributed by atoms with E-state index in [1.165, 1.54) is 4.57 Å². The Labute approximate surface area is 187 Å². The average molecular weight is 441 g/mol. The first-order valence-corrected chi connectivity index (χ1v) is 10.5. The van der Waals surface area contributed by atoms with Crippen LogP contribution >= 0.6 is 0 Å². The molecule has 1 aliphatic heterocycles. The Morgan fingerprint density at radius 1 is 1.27 bits per heavy atom. The van der Waals surface area contributed by atoms with E-state index in [4.69, 9.17) is 10.2 Å². The molecule has 0 spiro atoms. The smallest absolute Gasteiger partial charge is 0.330 e. The number of likely N-dealkylation sites (tertiary alicyclic amines) is 1. The summed E-state index contributed by atoms with van der Waals surface area (Å²) in [7, 11) is 1.67. The zero-order valence-electron chi connectivity index (χ0n) is 17.8. The van der Waals surface area contributed by atoms with E-state index in [0.29, 0.717) is 46.7 Å². The number of hydrogen-bond acceptors (Lipinski definition) is 7. The maximum absolute atomic E-state index is 13.1. The van der Waals surface area contributed by atoms with Gasteiger partial charge in [-0.15, -0.1) is 0 Å². The lowest BCUT2D eigenvalue weighted by atomic mass is 10.1. The van der Waals surface area contributed by atoms with Crippen molar-refractivity contribution in [3.8, 4) is 23.5 Å². The Morgan fingerprint density at radius 2 is 2.12 bits per heavy atom. The molecule has 4 aromatic rings. The molecular weight excluding hydrogens is 422 g/mol. The lowest BCUT2D eigenvalue weighted by molar-refractivity contribution is -0.131. The van der Waals surface area contributed by atoms with Gasteiger partial charge in [-0.2, -0.15) is 15.6 Å². The molecule has 0 radical (unpaired) electrons. The standard InChI is InChI=1S/C22H19N9O2/c1-28-18-12-25-20(16-11-26-30-8-5-14(10-24)9-17(16)30)27-21(18)31(22(28)33)15-3-2-7-29(13-15)19(32)4-6-23/h5,8-9,11-12,15H,2-4,7,13H2,1H3. The van der Waals surface area contributed by atoms with Crippen molar-refractivity contribution in [3.05, 3.63) is 46.8 Å². The summed E-state index contributed by atoms with van der Waals surface area (Å²) in [5.74, 6) is 0.158. The van der Waals surface area contributed by atoms with Crippen LogP contribution in [0, 0.1) is 22.7 Å². The first-order valence-electron chi connectivity index (χ1n) is 10.5. The van der Waals surface area contributed by atoms with Crippen LogP contribution in [0.4, 0.5) is 0 Å². The predicted octanol–water partition coefficient (Wildman–Crippen LogP) is 1.39. The fraction of sp³-hybridized carbons (Fsp3) is 0.318. The van der Waals surface area contributed by atoms with Crippen LogP contribution in [0.5, 0.6) is 0 Å². The molecule has 1 amide bonds. The highest BCUT2D eigenvalue weighted by Gasteiger charge is 2.28. The number of nitrogens with zero attached hydrogens (tertiary/aromatic N) is 9. The van der Waals surface area contributed by atoms with Crippen molar-refractivity contribution in [2.75, 3.05) is 13.1 Å². The second-order valence-corrected chi connectivity index (χ2v) is 8.00. The summed E-state index contributed by atoms with van der Waals surface area (Å²) in [4.78, 5) is 36.2. The molecule has 11 nitrogen and oxygen atoms in total. The Morgan fingerprint density at radius 3 is 2.91 bits per heavy atom. The number of aryl methyl sites for hydroxylation is 1. The largest absolute Gasteiger partial charge is 0.340 e. The molecule has 1 aliphatic rings. The van der Waals surface area contributed by atoms with E-state index in [9.17, 15) is 14.9 Å². The molecule has 0 aromatic carbocycles. The summed E-state index contributed by atoms with van der Waals surface area (Å²) in [6.45, 7) is 0.918. The van der Waals surface area contributed by atoms with Crippen LogP contribution in [-0.4, -0.2) is 52.6 Å². The Kier molecular flexibility index (Phi) is 4.87. The molecule has 1 fully saturated rings. The maximum Gasteiger partial charge on any atom is 0.330 e. The van der Waals surface area contributed by atoms with Gasteiger partial charge in [0.1, 0.15) is 11.9 Å². The van der Waals surface area contributed by atoms with Gasteiger partial charge < -0.3 is 4.90 Å². The summed E-state index contributed by atoms with van der Waals surface area (Å²) in [6.07, 6.45) is 6.21. The van der Waals surface area contributed by atoms with Gasteiger partial charge in [0.15, 0.2) is 11.5 Å². The molecule has 164 valence electrons. The zero-order chi connectivity index (χ0) is 23.1. The van der Waals surface area contributed by atoms with E-state index in [2.05, 4.69) is 16.2 Å². The summed E-state index contributed by atoms with van der Waals surface area (Å²) < 4.78 is 4.76. The third-order valence-electron chi connectivity index (χ3n) is 6.07. The molecule has 1 atom stereocenters. The molecule has 0 saturated carbocycles. The van der Waals surface area contributed by atoms with Crippen molar-refractivity contribution in [1.29, 1.82) is 10.5 Å². The van der Waals surface area contributed by atoms with Crippen molar-refractivity contribution in [2.24, 2.45) is 7.05 Å². The minimum absolute atomic E-state index is 0.178. The maximum atomic E-state index is 13.1. The molecule has 33 heavy (non-hydrogen) atoms. The highest BCUT2D eigenvalue weighted by atomic mass is 16.2.